The van der Waals surface area contributed by atoms with E-state index in [1.165, 1.54) is 7.11 Å². The van der Waals surface area contributed by atoms with Gasteiger partial charge in [-0.3, -0.25) is 4.79 Å². The lowest BCUT2D eigenvalue weighted by atomic mass is 10.1. The third-order valence-corrected chi connectivity index (χ3v) is 6.34. The average molecular weight is 448 g/mol. The highest BCUT2D eigenvalue weighted by atomic mass is 35.5. The Balaban J connectivity index is 1.53. The third kappa shape index (κ3) is 5.49. The van der Waals surface area contributed by atoms with Gasteiger partial charge in [0, 0.05) is 21.6 Å². The van der Waals surface area contributed by atoms with Crippen LogP contribution < -0.4 is 4.74 Å². The largest absolute Gasteiger partial charge is 0.493 e. The standard InChI is InChI=1S/C23H26ClNO4S/c1-4-6-18-20(9-8-17-15(2)25-29-23(17)18)28-11-5-12-30-21-10-7-16(13-19(21)24)14-22(26)27-3/h7-10,13H,4-6,11-12,14H2,1-3H3. The van der Waals surface area contributed by atoms with Crippen LogP contribution in [0.5, 0.6) is 5.75 Å². The maximum atomic E-state index is 11.4. The van der Waals surface area contributed by atoms with E-state index in [2.05, 4.69) is 12.1 Å². The molecular weight excluding hydrogens is 422 g/mol. The lowest BCUT2D eigenvalue weighted by Gasteiger charge is -2.11. The molecule has 0 fully saturated rings. The minimum absolute atomic E-state index is 0.226. The van der Waals surface area contributed by atoms with E-state index in [0.29, 0.717) is 11.6 Å². The summed E-state index contributed by atoms with van der Waals surface area (Å²) in [4.78, 5) is 12.4. The zero-order valence-corrected chi connectivity index (χ0v) is 19.1. The molecule has 5 nitrogen and oxygen atoms in total. The van der Waals surface area contributed by atoms with Crippen molar-refractivity contribution >= 4 is 40.3 Å². The molecule has 3 aromatic rings. The third-order valence-electron chi connectivity index (χ3n) is 4.76. The molecule has 1 heterocycles. The van der Waals surface area contributed by atoms with Gasteiger partial charge in [-0.2, -0.15) is 0 Å². The number of rotatable bonds is 10. The van der Waals surface area contributed by atoms with Crippen molar-refractivity contribution in [3.05, 3.63) is 52.2 Å². The molecule has 30 heavy (non-hydrogen) atoms. The molecule has 0 atom stereocenters. The Hall–Kier alpha value is -2.18. The van der Waals surface area contributed by atoms with E-state index < -0.39 is 0 Å². The van der Waals surface area contributed by atoms with Crippen LogP contribution in [0.3, 0.4) is 0 Å². The van der Waals surface area contributed by atoms with Crippen LogP contribution in [0.1, 0.15) is 36.6 Å². The number of hydrogen-bond acceptors (Lipinski definition) is 6. The van der Waals surface area contributed by atoms with E-state index in [-0.39, 0.29) is 12.4 Å². The molecule has 0 aliphatic rings. The molecule has 7 heteroatoms. The topological polar surface area (TPSA) is 61.6 Å². The maximum absolute atomic E-state index is 11.4. The lowest BCUT2D eigenvalue weighted by molar-refractivity contribution is -0.139. The number of hydrogen-bond donors (Lipinski definition) is 0. The summed E-state index contributed by atoms with van der Waals surface area (Å²) >= 11 is 8.04. The fourth-order valence-electron chi connectivity index (χ4n) is 3.22. The van der Waals surface area contributed by atoms with Crippen LogP contribution in [0.2, 0.25) is 5.02 Å². The zero-order chi connectivity index (χ0) is 21.5. The van der Waals surface area contributed by atoms with Gasteiger partial charge in [-0.15, -0.1) is 11.8 Å². The van der Waals surface area contributed by atoms with Gasteiger partial charge in [0.2, 0.25) is 0 Å². The summed E-state index contributed by atoms with van der Waals surface area (Å²) in [6, 6.07) is 9.71. The summed E-state index contributed by atoms with van der Waals surface area (Å²) in [6.45, 7) is 4.70. The number of thioether (sulfide) groups is 1. The van der Waals surface area contributed by atoms with Gasteiger partial charge in [0.05, 0.1) is 30.9 Å². The first-order valence-electron chi connectivity index (χ1n) is 10.0. The molecule has 0 amide bonds. The number of esters is 1. The van der Waals surface area contributed by atoms with Crippen LogP contribution in [0.4, 0.5) is 0 Å². The van der Waals surface area contributed by atoms with Gasteiger partial charge < -0.3 is 14.0 Å². The van der Waals surface area contributed by atoms with Gasteiger partial charge in [-0.1, -0.05) is 36.2 Å². The highest BCUT2D eigenvalue weighted by molar-refractivity contribution is 7.99. The molecule has 1 aromatic heterocycles. The van der Waals surface area contributed by atoms with E-state index in [0.717, 1.165) is 63.5 Å². The number of nitrogens with zero attached hydrogens (tertiary/aromatic N) is 1. The molecule has 0 saturated carbocycles. The number of carbonyl (C=O) groups excluding carboxylic acids is 1. The second-order valence-electron chi connectivity index (χ2n) is 7.01. The predicted molar refractivity (Wildman–Crippen MR) is 121 cm³/mol. The number of aryl methyl sites for hydroxylation is 2. The number of methoxy groups -OCH3 is 1. The van der Waals surface area contributed by atoms with Gasteiger partial charge in [0.15, 0.2) is 5.58 Å². The van der Waals surface area contributed by atoms with Gasteiger partial charge in [0.25, 0.3) is 0 Å². The van der Waals surface area contributed by atoms with Crippen molar-refractivity contribution in [2.45, 2.75) is 44.4 Å². The Labute approximate surface area is 186 Å². The molecule has 0 aliphatic carbocycles. The van der Waals surface area contributed by atoms with E-state index in [9.17, 15) is 4.79 Å². The number of benzene rings is 2. The van der Waals surface area contributed by atoms with E-state index in [1.54, 1.807) is 11.8 Å². The van der Waals surface area contributed by atoms with Gasteiger partial charge in [-0.05, 0) is 49.6 Å². The van der Waals surface area contributed by atoms with Crippen LogP contribution in [-0.2, 0) is 22.4 Å². The van der Waals surface area contributed by atoms with Crippen LogP contribution >= 0.6 is 23.4 Å². The molecule has 160 valence electrons. The van der Waals surface area contributed by atoms with Crippen molar-refractivity contribution in [3.8, 4) is 5.75 Å². The van der Waals surface area contributed by atoms with Gasteiger partial charge in [0.1, 0.15) is 5.75 Å². The molecule has 0 saturated heterocycles. The Morgan fingerprint density at radius 3 is 2.83 bits per heavy atom. The second-order valence-corrected chi connectivity index (χ2v) is 8.55. The molecule has 0 aliphatic heterocycles. The quantitative estimate of drug-likeness (QED) is 0.215. The van der Waals surface area contributed by atoms with E-state index in [1.807, 2.05) is 37.3 Å². The zero-order valence-electron chi connectivity index (χ0n) is 17.5. The Morgan fingerprint density at radius 2 is 2.10 bits per heavy atom. The van der Waals surface area contributed by atoms with Crippen molar-refractivity contribution in [2.75, 3.05) is 19.5 Å². The van der Waals surface area contributed by atoms with Crippen molar-refractivity contribution in [1.82, 2.24) is 5.16 Å². The maximum Gasteiger partial charge on any atom is 0.309 e. The van der Waals surface area contributed by atoms with Crippen molar-refractivity contribution < 1.29 is 18.8 Å². The van der Waals surface area contributed by atoms with Gasteiger partial charge in [-0.25, -0.2) is 0 Å². The SMILES string of the molecule is CCCc1c(OCCCSc2ccc(CC(=O)OC)cc2Cl)ccc2c(C)noc12. The first-order chi connectivity index (χ1) is 14.5. The van der Waals surface area contributed by atoms with Crippen LogP contribution in [-0.4, -0.2) is 30.6 Å². The molecule has 0 radical (unpaired) electrons. The van der Waals surface area contributed by atoms with E-state index >= 15 is 0 Å². The molecular formula is C23H26ClNO4S. The van der Waals surface area contributed by atoms with E-state index in [4.69, 9.17) is 25.6 Å². The van der Waals surface area contributed by atoms with Crippen molar-refractivity contribution in [3.63, 3.8) is 0 Å². The molecule has 3 rings (SSSR count). The number of ether oxygens (including phenoxy) is 2. The summed E-state index contributed by atoms with van der Waals surface area (Å²) in [7, 11) is 1.38. The molecule has 2 aromatic carbocycles. The average Bonchev–Trinajstić information content (AvgIpc) is 3.11. The lowest BCUT2D eigenvalue weighted by Crippen LogP contribution is -2.04. The summed E-state index contributed by atoms with van der Waals surface area (Å²) in [5.41, 5.74) is 3.67. The van der Waals surface area contributed by atoms with Gasteiger partial charge >= 0.3 is 5.97 Å². The molecule has 0 N–H and O–H groups in total. The minimum atomic E-state index is -0.273. The predicted octanol–water partition coefficient (Wildman–Crippen LogP) is 6.02. The number of carbonyl (C=O) groups is 1. The normalized spacial score (nSPS) is 11.1. The smallest absolute Gasteiger partial charge is 0.309 e. The molecule has 0 bridgehead atoms. The molecule has 0 spiro atoms. The van der Waals surface area contributed by atoms with Crippen molar-refractivity contribution in [2.24, 2.45) is 0 Å². The van der Waals surface area contributed by atoms with Crippen LogP contribution in [0, 0.1) is 6.92 Å². The fraction of sp³-hybridized carbons (Fsp3) is 0.391. The Morgan fingerprint density at radius 1 is 1.27 bits per heavy atom. The highest BCUT2D eigenvalue weighted by Gasteiger charge is 2.14. The summed E-state index contributed by atoms with van der Waals surface area (Å²) in [5, 5.41) is 5.79. The number of halogens is 1. The number of fused-ring (bicyclic) bond motifs is 1. The first-order valence-corrected chi connectivity index (χ1v) is 11.4. The van der Waals surface area contributed by atoms with Crippen LogP contribution in [0.25, 0.3) is 11.0 Å². The fourth-order valence-corrected chi connectivity index (χ4v) is 4.43. The molecule has 0 unspecified atom stereocenters. The number of aromatic nitrogens is 1. The Bertz CT molecular complexity index is 1020. The second kappa shape index (κ2) is 10.7. The van der Waals surface area contributed by atoms with Crippen molar-refractivity contribution in [1.29, 1.82) is 0 Å². The Kier molecular flexibility index (Phi) is 8.05. The summed E-state index contributed by atoms with van der Waals surface area (Å²) in [5.74, 6) is 1.48. The minimum Gasteiger partial charge on any atom is -0.493 e. The summed E-state index contributed by atoms with van der Waals surface area (Å²) < 4.78 is 16.3. The highest BCUT2D eigenvalue weighted by Crippen LogP contribution is 2.32. The van der Waals surface area contributed by atoms with Crippen LogP contribution in [0.15, 0.2) is 39.8 Å². The first kappa shape index (κ1) is 22.5. The monoisotopic (exact) mass is 447 g/mol. The summed E-state index contributed by atoms with van der Waals surface area (Å²) in [6.07, 6.45) is 3.01.